The summed E-state index contributed by atoms with van der Waals surface area (Å²) in [4.78, 5) is 0. The zero-order valence-corrected chi connectivity index (χ0v) is 11.3. The van der Waals surface area contributed by atoms with E-state index >= 15 is 0 Å². The van der Waals surface area contributed by atoms with Gasteiger partial charge in [-0.1, -0.05) is 13.0 Å². The van der Waals surface area contributed by atoms with E-state index < -0.39 is 0 Å². The van der Waals surface area contributed by atoms with Crippen molar-refractivity contribution >= 4 is 0 Å². The lowest BCUT2D eigenvalue weighted by Crippen LogP contribution is -2.32. The molecule has 1 aromatic carbocycles. The molecular weight excluding hydrogens is 226 g/mol. The van der Waals surface area contributed by atoms with Crippen molar-refractivity contribution in [3.8, 4) is 11.5 Å². The number of hydrogen-bond donors (Lipinski definition) is 2. The van der Waals surface area contributed by atoms with Crippen LogP contribution in [0.25, 0.3) is 0 Å². The minimum atomic E-state index is 0.217. The molecule has 0 unspecified atom stereocenters. The second-order valence-corrected chi connectivity index (χ2v) is 5.34. The molecule has 1 saturated carbocycles. The van der Waals surface area contributed by atoms with Gasteiger partial charge in [0.2, 0.25) is 0 Å². The van der Waals surface area contributed by atoms with E-state index in [4.69, 9.17) is 4.74 Å². The highest BCUT2D eigenvalue weighted by Gasteiger charge is 2.17. The first-order valence-corrected chi connectivity index (χ1v) is 6.78. The van der Waals surface area contributed by atoms with Crippen molar-refractivity contribution in [3.63, 3.8) is 0 Å². The number of aromatic hydroxyl groups is 1. The third-order valence-corrected chi connectivity index (χ3v) is 3.85. The van der Waals surface area contributed by atoms with Crippen LogP contribution < -0.4 is 10.1 Å². The lowest BCUT2D eigenvalue weighted by atomic mass is 9.87. The van der Waals surface area contributed by atoms with Gasteiger partial charge in [0.15, 0.2) is 11.5 Å². The molecular formula is C15H23NO2. The normalized spacial score (nSPS) is 23.9. The highest BCUT2D eigenvalue weighted by atomic mass is 16.5. The average molecular weight is 249 g/mol. The molecule has 100 valence electrons. The Morgan fingerprint density at radius 3 is 2.61 bits per heavy atom. The van der Waals surface area contributed by atoms with Gasteiger partial charge < -0.3 is 15.2 Å². The molecule has 0 aliphatic heterocycles. The summed E-state index contributed by atoms with van der Waals surface area (Å²) >= 11 is 0. The van der Waals surface area contributed by atoms with Gasteiger partial charge in [-0.2, -0.15) is 0 Å². The first kappa shape index (κ1) is 13.2. The monoisotopic (exact) mass is 249 g/mol. The van der Waals surface area contributed by atoms with Crippen LogP contribution in [0, 0.1) is 5.92 Å². The van der Waals surface area contributed by atoms with Crippen LogP contribution in [0.15, 0.2) is 18.2 Å². The number of rotatable bonds is 4. The topological polar surface area (TPSA) is 41.5 Å². The molecule has 0 amide bonds. The lowest BCUT2D eigenvalue weighted by molar-refractivity contribution is 0.306. The van der Waals surface area contributed by atoms with Crippen LogP contribution in [0.1, 0.15) is 38.2 Å². The molecule has 3 nitrogen and oxygen atoms in total. The van der Waals surface area contributed by atoms with Crippen LogP contribution in [-0.4, -0.2) is 18.3 Å². The summed E-state index contributed by atoms with van der Waals surface area (Å²) in [6.07, 6.45) is 5.18. The number of phenolic OH excluding ortho intramolecular Hbond substituents is 1. The molecule has 0 aromatic heterocycles. The minimum Gasteiger partial charge on any atom is -0.504 e. The summed E-state index contributed by atoms with van der Waals surface area (Å²) in [6.45, 7) is 3.15. The Bertz CT molecular complexity index is 384. The summed E-state index contributed by atoms with van der Waals surface area (Å²) in [6, 6.07) is 6.22. The molecule has 3 heteroatoms. The van der Waals surface area contributed by atoms with E-state index in [0.29, 0.717) is 11.8 Å². The third kappa shape index (κ3) is 3.39. The van der Waals surface area contributed by atoms with Gasteiger partial charge in [-0.3, -0.25) is 0 Å². The van der Waals surface area contributed by atoms with Crippen molar-refractivity contribution in [2.75, 3.05) is 7.11 Å². The van der Waals surface area contributed by atoms with E-state index in [9.17, 15) is 5.11 Å². The van der Waals surface area contributed by atoms with Crippen LogP contribution in [0.3, 0.4) is 0 Å². The summed E-state index contributed by atoms with van der Waals surface area (Å²) in [7, 11) is 1.57. The summed E-state index contributed by atoms with van der Waals surface area (Å²) in [5.41, 5.74) is 1.10. The molecule has 0 radical (unpaired) electrons. The number of benzene rings is 1. The molecule has 2 rings (SSSR count). The highest BCUT2D eigenvalue weighted by molar-refractivity contribution is 5.41. The summed E-state index contributed by atoms with van der Waals surface area (Å²) in [5.74, 6) is 1.63. The Morgan fingerprint density at radius 1 is 1.28 bits per heavy atom. The third-order valence-electron chi connectivity index (χ3n) is 3.85. The Labute approximate surface area is 109 Å². The molecule has 1 aliphatic rings. The maximum absolute atomic E-state index is 9.71. The Kier molecular flexibility index (Phi) is 4.48. The molecule has 2 N–H and O–H groups in total. The first-order valence-electron chi connectivity index (χ1n) is 6.78. The number of nitrogens with one attached hydrogen (secondary N) is 1. The highest BCUT2D eigenvalue weighted by Crippen LogP contribution is 2.27. The van der Waals surface area contributed by atoms with Gasteiger partial charge in [0.05, 0.1) is 7.11 Å². The second-order valence-electron chi connectivity index (χ2n) is 5.34. The molecule has 0 saturated heterocycles. The van der Waals surface area contributed by atoms with E-state index in [1.807, 2.05) is 12.1 Å². The van der Waals surface area contributed by atoms with Crippen LogP contribution in [-0.2, 0) is 6.54 Å². The number of phenols is 1. The zero-order valence-electron chi connectivity index (χ0n) is 11.3. The smallest absolute Gasteiger partial charge is 0.160 e. The van der Waals surface area contributed by atoms with Gasteiger partial charge in [0.25, 0.3) is 0 Å². The van der Waals surface area contributed by atoms with E-state index in [-0.39, 0.29) is 5.75 Å². The summed E-state index contributed by atoms with van der Waals surface area (Å²) in [5, 5.41) is 13.3. The van der Waals surface area contributed by atoms with E-state index in [1.54, 1.807) is 13.2 Å². The van der Waals surface area contributed by atoms with Gasteiger partial charge in [0.1, 0.15) is 0 Å². The van der Waals surface area contributed by atoms with Gasteiger partial charge in [0, 0.05) is 12.6 Å². The Morgan fingerprint density at radius 2 is 2.00 bits per heavy atom. The molecule has 0 spiro atoms. The average Bonchev–Trinajstić information content (AvgIpc) is 2.38. The van der Waals surface area contributed by atoms with E-state index in [2.05, 4.69) is 12.2 Å². The molecule has 18 heavy (non-hydrogen) atoms. The molecule has 1 fully saturated rings. The Hall–Kier alpha value is -1.22. The van der Waals surface area contributed by atoms with Gasteiger partial charge in [-0.15, -0.1) is 0 Å². The van der Waals surface area contributed by atoms with Crippen molar-refractivity contribution in [1.82, 2.24) is 5.32 Å². The molecule has 0 bridgehead atoms. The van der Waals surface area contributed by atoms with Crippen LogP contribution in [0.5, 0.6) is 11.5 Å². The molecule has 1 aromatic rings. The Balaban J connectivity index is 1.84. The second kappa shape index (κ2) is 6.10. The number of methoxy groups -OCH3 is 1. The quantitative estimate of drug-likeness (QED) is 0.861. The fourth-order valence-electron chi connectivity index (χ4n) is 2.57. The van der Waals surface area contributed by atoms with Crippen molar-refractivity contribution in [2.24, 2.45) is 5.92 Å². The molecule has 0 heterocycles. The SMILES string of the molecule is COc1ccc(CNC2CCC(C)CC2)cc1O. The minimum absolute atomic E-state index is 0.217. The van der Waals surface area contributed by atoms with Gasteiger partial charge in [-0.05, 0) is 49.3 Å². The fraction of sp³-hybridized carbons (Fsp3) is 0.600. The predicted molar refractivity (Wildman–Crippen MR) is 72.9 cm³/mol. The van der Waals surface area contributed by atoms with Gasteiger partial charge >= 0.3 is 0 Å². The standard InChI is InChI=1S/C15H23NO2/c1-11-3-6-13(7-4-11)16-10-12-5-8-15(18-2)14(17)9-12/h5,8-9,11,13,16-17H,3-4,6-7,10H2,1-2H3. The van der Waals surface area contributed by atoms with E-state index in [0.717, 1.165) is 18.0 Å². The first-order chi connectivity index (χ1) is 8.69. The van der Waals surface area contributed by atoms with Crippen molar-refractivity contribution in [2.45, 2.75) is 45.2 Å². The van der Waals surface area contributed by atoms with Crippen LogP contribution >= 0.6 is 0 Å². The number of ether oxygens (including phenoxy) is 1. The number of hydrogen-bond acceptors (Lipinski definition) is 3. The van der Waals surface area contributed by atoms with Crippen molar-refractivity contribution in [3.05, 3.63) is 23.8 Å². The van der Waals surface area contributed by atoms with Crippen molar-refractivity contribution in [1.29, 1.82) is 0 Å². The maximum atomic E-state index is 9.71. The molecule has 0 atom stereocenters. The zero-order chi connectivity index (χ0) is 13.0. The summed E-state index contributed by atoms with van der Waals surface area (Å²) < 4.78 is 5.04. The van der Waals surface area contributed by atoms with Crippen LogP contribution in [0.4, 0.5) is 0 Å². The molecule has 1 aliphatic carbocycles. The lowest BCUT2D eigenvalue weighted by Gasteiger charge is -2.27. The fourth-order valence-corrected chi connectivity index (χ4v) is 2.57. The van der Waals surface area contributed by atoms with E-state index in [1.165, 1.54) is 25.7 Å². The maximum Gasteiger partial charge on any atom is 0.160 e. The largest absolute Gasteiger partial charge is 0.504 e. The predicted octanol–water partition coefficient (Wildman–Crippen LogP) is 3.07. The van der Waals surface area contributed by atoms with Crippen LogP contribution in [0.2, 0.25) is 0 Å². The van der Waals surface area contributed by atoms with Crippen molar-refractivity contribution < 1.29 is 9.84 Å². The van der Waals surface area contributed by atoms with Gasteiger partial charge in [-0.25, -0.2) is 0 Å².